The van der Waals surface area contributed by atoms with Crippen LogP contribution in [0.3, 0.4) is 0 Å². The third kappa shape index (κ3) is 5.82. The van der Waals surface area contributed by atoms with Crippen LogP contribution in [0, 0.1) is 5.92 Å². The van der Waals surface area contributed by atoms with Gasteiger partial charge in [-0.1, -0.05) is 30.3 Å². The van der Waals surface area contributed by atoms with E-state index in [-0.39, 0.29) is 5.92 Å². The van der Waals surface area contributed by atoms with Gasteiger partial charge in [0.1, 0.15) is 0 Å². The minimum absolute atomic E-state index is 0.250. The molecule has 2 fully saturated rings. The number of aryl methyl sites for hydroxylation is 1. The van der Waals surface area contributed by atoms with Crippen LogP contribution in [0.4, 0.5) is 0 Å². The number of nitrogens with zero attached hydrogens (tertiary/aromatic N) is 2. The molecule has 138 valence electrons. The lowest BCUT2D eigenvalue weighted by Crippen LogP contribution is -2.39. The quantitative estimate of drug-likeness (QED) is 0.892. The molecule has 3 rings (SSSR count). The maximum absolute atomic E-state index is 12.8. The molecule has 0 saturated carbocycles. The summed E-state index contributed by atoms with van der Waals surface area (Å²) in [7, 11) is 0. The summed E-state index contributed by atoms with van der Waals surface area (Å²) in [6, 6.07) is 10.7. The molecule has 0 bridgehead atoms. The first-order chi connectivity index (χ1) is 12.3. The number of hydrogen-bond donors (Lipinski definition) is 1. The Hall–Kier alpha value is -1.39. The molecule has 4 heteroatoms. The van der Waals surface area contributed by atoms with Gasteiger partial charge in [0.05, 0.1) is 0 Å². The smallest absolute Gasteiger partial charge is 0.225 e. The molecule has 2 aliphatic heterocycles. The molecular formula is C21H33N3O. The van der Waals surface area contributed by atoms with Crippen molar-refractivity contribution in [1.29, 1.82) is 0 Å². The van der Waals surface area contributed by atoms with Crippen LogP contribution < -0.4 is 5.32 Å². The molecule has 2 aliphatic rings. The molecule has 4 nitrogen and oxygen atoms in total. The van der Waals surface area contributed by atoms with E-state index >= 15 is 0 Å². The largest absolute Gasteiger partial charge is 0.341 e. The van der Waals surface area contributed by atoms with E-state index in [1.54, 1.807) is 0 Å². The maximum atomic E-state index is 12.8. The summed E-state index contributed by atoms with van der Waals surface area (Å²) in [4.78, 5) is 17.5. The predicted octanol–water partition coefficient (Wildman–Crippen LogP) is 2.54. The van der Waals surface area contributed by atoms with Gasteiger partial charge in [0.25, 0.3) is 0 Å². The average molecular weight is 344 g/mol. The lowest BCUT2D eigenvalue weighted by atomic mass is 9.99. The van der Waals surface area contributed by atoms with Gasteiger partial charge in [-0.25, -0.2) is 0 Å². The fraction of sp³-hybridized carbons (Fsp3) is 0.667. The van der Waals surface area contributed by atoms with Gasteiger partial charge in [0, 0.05) is 25.6 Å². The summed E-state index contributed by atoms with van der Waals surface area (Å²) in [5.74, 6) is 0.662. The molecule has 0 aromatic heterocycles. The molecule has 1 aromatic rings. The normalized spacial score (nSPS) is 23.0. The van der Waals surface area contributed by atoms with Gasteiger partial charge in [-0.3, -0.25) is 4.79 Å². The zero-order valence-corrected chi connectivity index (χ0v) is 15.5. The SMILES string of the molecule is O=C(C1CCCNCC1)N1CCCN(CCCc2ccccc2)CC1. The third-order valence-corrected chi connectivity index (χ3v) is 5.61. The van der Waals surface area contributed by atoms with Gasteiger partial charge < -0.3 is 15.1 Å². The van der Waals surface area contributed by atoms with Gasteiger partial charge in [-0.15, -0.1) is 0 Å². The fourth-order valence-electron chi connectivity index (χ4n) is 4.09. The van der Waals surface area contributed by atoms with Crippen molar-refractivity contribution >= 4 is 5.91 Å². The minimum Gasteiger partial charge on any atom is -0.341 e. The first-order valence-corrected chi connectivity index (χ1v) is 10.1. The van der Waals surface area contributed by atoms with E-state index in [1.807, 2.05) is 0 Å². The number of benzene rings is 1. The molecule has 1 atom stereocenters. The monoisotopic (exact) mass is 343 g/mol. The van der Waals surface area contributed by atoms with E-state index in [0.29, 0.717) is 5.91 Å². The van der Waals surface area contributed by atoms with Crippen LogP contribution in [-0.2, 0) is 11.2 Å². The second-order valence-electron chi connectivity index (χ2n) is 7.49. The van der Waals surface area contributed by atoms with Crippen molar-refractivity contribution in [3.05, 3.63) is 35.9 Å². The summed E-state index contributed by atoms with van der Waals surface area (Å²) in [5.41, 5.74) is 1.43. The summed E-state index contributed by atoms with van der Waals surface area (Å²) in [6.07, 6.45) is 6.67. The van der Waals surface area contributed by atoms with Crippen LogP contribution >= 0.6 is 0 Å². The molecule has 2 heterocycles. The zero-order chi connectivity index (χ0) is 17.3. The molecule has 2 saturated heterocycles. The fourth-order valence-corrected chi connectivity index (χ4v) is 4.09. The molecule has 1 N–H and O–H groups in total. The van der Waals surface area contributed by atoms with E-state index in [1.165, 1.54) is 12.0 Å². The van der Waals surface area contributed by atoms with Gasteiger partial charge in [-0.2, -0.15) is 0 Å². The average Bonchev–Trinajstić information content (AvgIpc) is 3.05. The van der Waals surface area contributed by atoms with E-state index in [2.05, 4.69) is 45.4 Å². The van der Waals surface area contributed by atoms with Crippen molar-refractivity contribution in [3.8, 4) is 0 Å². The van der Waals surface area contributed by atoms with Crippen molar-refractivity contribution in [2.24, 2.45) is 5.92 Å². The highest BCUT2D eigenvalue weighted by molar-refractivity contribution is 5.78. The van der Waals surface area contributed by atoms with Gasteiger partial charge in [-0.05, 0) is 70.3 Å². The molecule has 1 amide bonds. The second kappa shape index (κ2) is 9.93. The van der Waals surface area contributed by atoms with E-state index < -0.39 is 0 Å². The predicted molar refractivity (Wildman–Crippen MR) is 103 cm³/mol. The van der Waals surface area contributed by atoms with Crippen molar-refractivity contribution in [2.75, 3.05) is 45.8 Å². The Balaban J connectivity index is 1.41. The standard InChI is InChI=1S/C21H33N3O/c25-21(20-10-4-12-22-13-11-20)24-16-6-15-23(17-18-24)14-5-9-19-7-2-1-3-8-19/h1-3,7-8,20,22H,4-6,9-18H2. The van der Waals surface area contributed by atoms with Crippen LogP contribution in [-0.4, -0.2) is 61.5 Å². The summed E-state index contributed by atoms with van der Waals surface area (Å²) in [5, 5.41) is 3.41. The molecular weight excluding hydrogens is 310 g/mol. The number of nitrogens with one attached hydrogen (secondary N) is 1. The third-order valence-electron chi connectivity index (χ3n) is 5.61. The van der Waals surface area contributed by atoms with Crippen molar-refractivity contribution in [2.45, 2.75) is 38.5 Å². The van der Waals surface area contributed by atoms with Gasteiger partial charge in [0.15, 0.2) is 0 Å². The van der Waals surface area contributed by atoms with E-state index in [9.17, 15) is 4.79 Å². The van der Waals surface area contributed by atoms with Crippen molar-refractivity contribution in [3.63, 3.8) is 0 Å². The van der Waals surface area contributed by atoms with Crippen LogP contribution in [0.5, 0.6) is 0 Å². The summed E-state index contributed by atoms with van der Waals surface area (Å²) < 4.78 is 0. The highest BCUT2D eigenvalue weighted by atomic mass is 16.2. The Labute approximate surface area is 152 Å². The first-order valence-electron chi connectivity index (χ1n) is 10.1. The minimum atomic E-state index is 0.250. The van der Waals surface area contributed by atoms with Crippen LogP contribution in [0.25, 0.3) is 0 Å². The van der Waals surface area contributed by atoms with Crippen LogP contribution in [0.2, 0.25) is 0 Å². The molecule has 25 heavy (non-hydrogen) atoms. The Morgan fingerprint density at radius 2 is 1.88 bits per heavy atom. The van der Waals surface area contributed by atoms with E-state index in [0.717, 1.165) is 77.9 Å². The second-order valence-corrected chi connectivity index (χ2v) is 7.49. The number of rotatable bonds is 5. The lowest BCUT2D eigenvalue weighted by Gasteiger charge is -2.26. The Kier molecular flexibility index (Phi) is 7.31. The molecule has 1 aromatic carbocycles. The topological polar surface area (TPSA) is 35.6 Å². The zero-order valence-electron chi connectivity index (χ0n) is 15.5. The molecule has 1 unspecified atom stereocenters. The number of carbonyl (C=O) groups excluding carboxylic acids is 1. The highest BCUT2D eigenvalue weighted by Gasteiger charge is 2.26. The highest BCUT2D eigenvalue weighted by Crippen LogP contribution is 2.18. The Morgan fingerprint density at radius 3 is 2.76 bits per heavy atom. The van der Waals surface area contributed by atoms with Crippen molar-refractivity contribution in [1.82, 2.24) is 15.1 Å². The molecule has 0 spiro atoms. The molecule has 0 aliphatic carbocycles. The number of amides is 1. The van der Waals surface area contributed by atoms with Gasteiger partial charge in [0.2, 0.25) is 5.91 Å². The molecule has 0 radical (unpaired) electrons. The van der Waals surface area contributed by atoms with Crippen molar-refractivity contribution < 1.29 is 4.79 Å². The maximum Gasteiger partial charge on any atom is 0.225 e. The number of hydrogen-bond acceptors (Lipinski definition) is 3. The lowest BCUT2D eigenvalue weighted by molar-refractivity contribution is -0.135. The Morgan fingerprint density at radius 1 is 1.00 bits per heavy atom. The van der Waals surface area contributed by atoms with Crippen LogP contribution in [0.1, 0.15) is 37.7 Å². The first kappa shape index (κ1) is 18.4. The Bertz CT molecular complexity index is 511. The van der Waals surface area contributed by atoms with Crippen LogP contribution in [0.15, 0.2) is 30.3 Å². The summed E-state index contributed by atoms with van der Waals surface area (Å²) in [6.45, 7) is 7.22. The summed E-state index contributed by atoms with van der Waals surface area (Å²) >= 11 is 0. The van der Waals surface area contributed by atoms with Gasteiger partial charge >= 0.3 is 0 Å². The van der Waals surface area contributed by atoms with E-state index in [4.69, 9.17) is 0 Å². The number of carbonyl (C=O) groups is 1.